The van der Waals surface area contributed by atoms with Gasteiger partial charge in [0.25, 0.3) is 0 Å². The van der Waals surface area contributed by atoms with Crippen LogP contribution < -0.4 is 10.2 Å². The van der Waals surface area contributed by atoms with Crippen LogP contribution in [-0.4, -0.2) is 30.8 Å². The number of carbonyl (C=O) groups excluding carboxylic acids is 1. The van der Waals surface area contributed by atoms with Gasteiger partial charge in [-0.15, -0.1) is 6.42 Å². The normalized spacial score (nSPS) is 16.1. The Morgan fingerprint density at radius 1 is 1.27 bits per heavy atom. The van der Waals surface area contributed by atoms with Crippen molar-refractivity contribution in [2.24, 2.45) is 0 Å². The van der Waals surface area contributed by atoms with E-state index in [9.17, 15) is 18.0 Å². The Bertz CT molecular complexity index is 694. The van der Waals surface area contributed by atoms with Gasteiger partial charge in [0.15, 0.2) is 0 Å². The maximum Gasteiger partial charge on any atom is 0.416 e. The molecule has 1 fully saturated rings. The molecule has 1 saturated heterocycles. The number of nitrogens with one attached hydrogen (secondary N) is 1. The van der Waals surface area contributed by atoms with E-state index in [0.29, 0.717) is 37.2 Å². The predicted molar refractivity (Wildman–Crippen MR) is 94.0 cm³/mol. The summed E-state index contributed by atoms with van der Waals surface area (Å²) in [5.74, 6) is 2.44. The van der Waals surface area contributed by atoms with Gasteiger partial charge >= 0.3 is 12.3 Å². The van der Waals surface area contributed by atoms with E-state index in [0.717, 1.165) is 12.1 Å². The molecule has 0 bridgehead atoms. The lowest BCUT2D eigenvalue weighted by atomic mass is 10.0. The zero-order valence-corrected chi connectivity index (χ0v) is 15.1. The number of piperidine rings is 1. The first-order chi connectivity index (χ1) is 12.0. The number of alkyl halides is 3. The number of anilines is 1. The minimum atomic E-state index is -4.42. The van der Waals surface area contributed by atoms with Crippen LogP contribution in [-0.2, 0) is 10.9 Å². The smallest absolute Gasteiger partial charge is 0.416 e. The number of hydrogen-bond donors (Lipinski definition) is 1. The van der Waals surface area contributed by atoms with Gasteiger partial charge in [-0.05, 0) is 51.8 Å². The summed E-state index contributed by atoms with van der Waals surface area (Å²) in [5.41, 5.74) is -0.472. The molecule has 1 aliphatic heterocycles. The standard InChI is InChI=1S/C19H23F3N2O2/c1-5-13-6-7-14(19(20,21)22)12-16(13)24-10-8-15(9-11-24)23-17(25)26-18(2,3)4/h1,6-7,12,15H,8-11H2,2-4H3,(H,23,25). The third kappa shape index (κ3) is 5.32. The fourth-order valence-electron chi connectivity index (χ4n) is 2.83. The molecule has 4 nitrogen and oxygen atoms in total. The van der Waals surface area contributed by atoms with E-state index in [4.69, 9.17) is 11.2 Å². The summed E-state index contributed by atoms with van der Waals surface area (Å²) in [5, 5.41) is 2.80. The lowest BCUT2D eigenvalue weighted by Gasteiger charge is -2.35. The number of rotatable bonds is 2. The molecule has 0 aromatic heterocycles. The summed E-state index contributed by atoms with van der Waals surface area (Å²) < 4.78 is 44.2. The Morgan fingerprint density at radius 3 is 2.38 bits per heavy atom. The van der Waals surface area contributed by atoms with Gasteiger partial charge in [-0.2, -0.15) is 13.2 Å². The Hall–Kier alpha value is -2.36. The minimum Gasteiger partial charge on any atom is -0.444 e. The number of amides is 1. The van der Waals surface area contributed by atoms with Crippen LogP contribution >= 0.6 is 0 Å². The lowest BCUT2D eigenvalue weighted by Crippen LogP contribution is -2.46. The first-order valence-electron chi connectivity index (χ1n) is 8.42. The van der Waals surface area contributed by atoms with Gasteiger partial charge < -0.3 is 15.0 Å². The van der Waals surface area contributed by atoms with E-state index in [2.05, 4.69) is 11.2 Å². The fraction of sp³-hybridized carbons (Fsp3) is 0.526. The van der Waals surface area contributed by atoms with Crippen molar-refractivity contribution in [2.75, 3.05) is 18.0 Å². The van der Waals surface area contributed by atoms with Crippen molar-refractivity contribution in [3.8, 4) is 12.3 Å². The first-order valence-corrected chi connectivity index (χ1v) is 8.42. The van der Waals surface area contributed by atoms with Gasteiger partial charge in [0.2, 0.25) is 0 Å². The molecule has 1 aromatic rings. The maximum absolute atomic E-state index is 13.0. The Labute approximate surface area is 151 Å². The van der Waals surface area contributed by atoms with Crippen molar-refractivity contribution >= 4 is 11.8 Å². The summed E-state index contributed by atoms with van der Waals surface area (Å²) >= 11 is 0. The first kappa shape index (κ1) is 20.0. The average molecular weight is 368 g/mol. The number of hydrogen-bond acceptors (Lipinski definition) is 3. The Kier molecular flexibility index (Phi) is 5.74. The highest BCUT2D eigenvalue weighted by molar-refractivity contribution is 5.68. The second-order valence-corrected chi connectivity index (χ2v) is 7.28. The zero-order chi connectivity index (χ0) is 19.5. The summed E-state index contributed by atoms with van der Waals surface area (Å²) in [7, 11) is 0. The fourth-order valence-corrected chi connectivity index (χ4v) is 2.83. The van der Waals surface area contributed by atoms with Crippen LogP contribution in [0.2, 0.25) is 0 Å². The molecule has 0 radical (unpaired) electrons. The number of terminal acetylenes is 1. The molecule has 142 valence electrons. The van der Waals surface area contributed by atoms with Gasteiger partial charge in [-0.3, -0.25) is 0 Å². The topological polar surface area (TPSA) is 41.6 Å². The number of alkyl carbamates (subject to hydrolysis) is 1. The van der Waals surface area contributed by atoms with Crippen molar-refractivity contribution in [2.45, 2.75) is 51.4 Å². The van der Waals surface area contributed by atoms with Crippen LogP contribution in [0.4, 0.5) is 23.7 Å². The molecule has 26 heavy (non-hydrogen) atoms. The molecular formula is C19H23F3N2O2. The van der Waals surface area contributed by atoms with Crippen molar-refractivity contribution in [3.63, 3.8) is 0 Å². The van der Waals surface area contributed by atoms with E-state index in [1.165, 1.54) is 6.07 Å². The number of ether oxygens (including phenoxy) is 1. The lowest BCUT2D eigenvalue weighted by molar-refractivity contribution is -0.137. The highest BCUT2D eigenvalue weighted by atomic mass is 19.4. The number of carbonyl (C=O) groups is 1. The van der Waals surface area contributed by atoms with Gasteiger partial charge in [0, 0.05) is 24.7 Å². The van der Waals surface area contributed by atoms with Crippen molar-refractivity contribution in [3.05, 3.63) is 29.3 Å². The van der Waals surface area contributed by atoms with Gasteiger partial charge in [-0.1, -0.05) is 5.92 Å². The largest absolute Gasteiger partial charge is 0.444 e. The Morgan fingerprint density at radius 2 is 1.88 bits per heavy atom. The number of benzene rings is 1. The molecule has 1 amide bonds. The van der Waals surface area contributed by atoms with Crippen molar-refractivity contribution in [1.82, 2.24) is 5.32 Å². The molecule has 1 N–H and O–H groups in total. The number of halogens is 3. The monoisotopic (exact) mass is 368 g/mol. The molecule has 0 unspecified atom stereocenters. The highest BCUT2D eigenvalue weighted by Gasteiger charge is 2.32. The summed E-state index contributed by atoms with van der Waals surface area (Å²) in [6.45, 7) is 6.34. The van der Waals surface area contributed by atoms with Gasteiger partial charge in [0.05, 0.1) is 11.3 Å². The Balaban J connectivity index is 2.04. The van der Waals surface area contributed by atoms with Crippen LogP contribution in [0.1, 0.15) is 44.7 Å². The summed E-state index contributed by atoms with van der Waals surface area (Å²) in [6.07, 6.45) is 1.73. The van der Waals surface area contributed by atoms with E-state index >= 15 is 0 Å². The molecule has 0 spiro atoms. The van der Waals surface area contributed by atoms with E-state index in [-0.39, 0.29) is 6.04 Å². The third-order valence-electron chi connectivity index (χ3n) is 4.04. The van der Waals surface area contributed by atoms with Crippen LogP contribution in [0.15, 0.2) is 18.2 Å². The maximum atomic E-state index is 13.0. The average Bonchev–Trinajstić information content (AvgIpc) is 2.52. The van der Waals surface area contributed by atoms with E-state index in [1.807, 2.05) is 4.90 Å². The van der Waals surface area contributed by atoms with Gasteiger partial charge in [-0.25, -0.2) is 4.79 Å². The van der Waals surface area contributed by atoms with E-state index < -0.39 is 23.4 Å². The van der Waals surface area contributed by atoms with Crippen LogP contribution in [0.25, 0.3) is 0 Å². The SMILES string of the molecule is C#Cc1ccc(C(F)(F)F)cc1N1CCC(NC(=O)OC(C)(C)C)CC1. The third-order valence-corrected chi connectivity index (χ3v) is 4.04. The molecular weight excluding hydrogens is 345 g/mol. The van der Waals surface area contributed by atoms with Crippen LogP contribution in [0, 0.1) is 12.3 Å². The minimum absolute atomic E-state index is 0.0822. The van der Waals surface area contributed by atoms with Crippen LogP contribution in [0.3, 0.4) is 0 Å². The van der Waals surface area contributed by atoms with Gasteiger partial charge in [0.1, 0.15) is 5.60 Å². The second-order valence-electron chi connectivity index (χ2n) is 7.28. The van der Waals surface area contributed by atoms with Crippen LogP contribution in [0.5, 0.6) is 0 Å². The molecule has 0 saturated carbocycles. The molecule has 7 heteroatoms. The highest BCUT2D eigenvalue weighted by Crippen LogP contribution is 2.34. The second kappa shape index (κ2) is 7.48. The molecule has 2 rings (SSSR count). The molecule has 1 aromatic carbocycles. The van der Waals surface area contributed by atoms with E-state index in [1.54, 1.807) is 20.8 Å². The van der Waals surface area contributed by atoms with Crippen molar-refractivity contribution < 1.29 is 22.7 Å². The summed E-state index contributed by atoms with van der Waals surface area (Å²) in [6, 6.07) is 3.33. The quantitative estimate of drug-likeness (QED) is 0.797. The zero-order valence-electron chi connectivity index (χ0n) is 15.1. The number of nitrogens with zero attached hydrogens (tertiary/aromatic N) is 1. The molecule has 0 atom stereocenters. The molecule has 0 aliphatic carbocycles. The summed E-state index contributed by atoms with van der Waals surface area (Å²) in [4.78, 5) is 13.7. The molecule has 1 aliphatic rings. The molecule has 1 heterocycles. The van der Waals surface area contributed by atoms with Crippen molar-refractivity contribution in [1.29, 1.82) is 0 Å². The predicted octanol–water partition coefficient (Wildman–Crippen LogP) is 4.18.